The Kier molecular flexibility index (Phi) is 3.34. The zero-order valence-corrected chi connectivity index (χ0v) is 9.94. The number of nitrogens with two attached hydrogens (primary N) is 1. The van der Waals surface area contributed by atoms with Crippen LogP contribution < -0.4 is 5.73 Å². The number of hydrogen-bond donors (Lipinski definition) is 2. The Morgan fingerprint density at radius 3 is 3.00 bits per heavy atom. The second kappa shape index (κ2) is 4.92. The van der Waals surface area contributed by atoms with Gasteiger partial charge in [0.2, 0.25) is 0 Å². The largest absolute Gasteiger partial charge is 0.468 e. The van der Waals surface area contributed by atoms with Crippen molar-refractivity contribution >= 4 is 17.6 Å². The van der Waals surface area contributed by atoms with Crippen molar-refractivity contribution in [3.8, 4) is 0 Å². The molecule has 0 atom stereocenters. The third kappa shape index (κ3) is 2.42. The number of oxime groups is 1. The molecule has 6 heteroatoms. The van der Waals surface area contributed by atoms with Crippen LogP contribution in [0, 0.1) is 6.92 Å². The van der Waals surface area contributed by atoms with Crippen molar-refractivity contribution in [3.63, 3.8) is 0 Å². The van der Waals surface area contributed by atoms with E-state index in [9.17, 15) is 0 Å². The molecule has 3 N–H and O–H groups in total. The molecule has 2 heterocycles. The molecule has 0 radical (unpaired) electrons. The smallest absolute Gasteiger partial charge is 0.172 e. The molecular formula is C11H11N3O2S. The van der Waals surface area contributed by atoms with E-state index in [1.807, 2.05) is 13.0 Å². The fraction of sp³-hybridized carbons (Fsp3) is 0.0909. The highest BCUT2D eigenvalue weighted by molar-refractivity contribution is 7.99. The van der Waals surface area contributed by atoms with E-state index in [4.69, 9.17) is 15.4 Å². The first kappa shape index (κ1) is 11.5. The summed E-state index contributed by atoms with van der Waals surface area (Å²) in [6.45, 7) is 1.87. The van der Waals surface area contributed by atoms with Crippen LogP contribution in [0.15, 0.2) is 50.2 Å². The van der Waals surface area contributed by atoms with Crippen LogP contribution in [0.1, 0.15) is 11.3 Å². The molecule has 0 saturated heterocycles. The van der Waals surface area contributed by atoms with E-state index in [-0.39, 0.29) is 5.84 Å². The van der Waals surface area contributed by atoms with Gasteiger partial charge in [-0.05, 0) is 25.1 Å². The van der Waals surface area contributed by atoms with E-state index in [2.05, 4.69) is 10.1 Å². The predicted octanol–water partition coefficient (Wildman–Crippen LogP) is 2.23. The van der Waals surface area contributed by atoms with Gasteiger partial charge in [-0.15, -0.1) is 0 Å². The second-order valence-electron chi connectivity index (χ2n) is 3.28. The van der Waals surface area contributed by atoms with E-state index < -0.39 is 0 Å². The number of aryl methyl sites for hydroxylation is 1. The molecule has 0 unspecified atom stereocenters. The Morgan fingerprint density at radius 1 is 1.53 bits per heavy atom. The number of pyridine rings is 1. The first-order valence-corrected chi connectivity index (χ1v) is 5.69. The lowest BCUT2D eigenvalue weighted by atomic mass is 10.3. The SMILES string of the molecule is Cc1occc1Sc1ncccc1/C(N)=N/O. The van der Waals surface area contributed by atoms with Crippen LogP contribution in [0.25, 0.3) is 0 Å². The van der Waals surface area contributed by atoms with E-state index in [0.29, 0.717) is 10.6 Å². The van der Waals surface area contributed by atoms with Crippen molar-refractivity contribution in [1.82, 2.24) is 4.98 Å². The fourth-order valence-corrected chi connectivity index (χ4v) is 2.22. The highest BCUT2D eigenvalue weighted by Gasteiger charge is 2.11. The molecule has 0 fully saturated rings. The van der Waals surface area contributed by atoms with Gasteiger partial charge >= 0.3 is 0 Å². The summed E-state index contributed by atoms with van der Waals surface area (Å²) in [5.74, 6) is 0.854. The molecule has 2 aromatic rings. The number of nitrogens with zero attached hydrogens (tertiary/aromatic N) is 2. The Labute approximate surface area is 102 Å². The quantitative estimate of drug-likeness (QED) is 0.377. The molecule has 5 nitrogen and oxygen atoms in total. The van der Waals surface area contributed by atoms with E-state index >= 15 is 0 Å². The van der Waals surface area contributed by atoms with Gasteiger partial charge in [0, 0.05) is 6.20 Å². The first-order chi connectivity index (χ1) is 8.22. The van der Waals surface area contributed by atoms with Crippen LogP contribution in [0.2, 0.25) is 0 Å². The number of amidine groups is 1. The lowest BCUT2D eigenvalue weighted by Crippen LogP contribution is -2.14. The summed E-state index contributed by atoms with van der Waals surface area (Å²) in [5, 5.41) is 12.4. The van der Waals surface area contributed by atoms with Gasteiger partial charge in [-0.3, -0.25) is 0 Å². The van der Waals surface area contributed by atoms with Gasteiger partial charge in [0.25, 0.3) is 0 Å². The van der Waals surface area contributed by atoms with E-state index in [1.54, 1.807) is 24.6 Å². The zero-order valence-electron chi connectivity index (χ0n) is 9.12. The average Bonchev–Trinajstić information content (AvgIpc) is 2.75. The van der Waals surface area contributed by atoms with Crippen molar-refractivity contribution in [2.75, 3.05) is 0 Å². The highest BCUT2D eigenvalue weighted by Crippen LogP contribution is 2.31. The maximum Gasteiger partial charge on any atom is 0.172 e. The van der Waals surface area contributed by atoms with E-state index in [1.165, 1.54) is 11.8 Å². The molecule has 0 aliphatic rings. The monoisotopic (exact) mass is 249 g/mol. The maximum atomic E-state index is 8.70. The number of furan rings is 1. The lowest BCUT2D eigenvalue weighted by molar-refractivity contribution is 0.318. The first-order valence-electron chi connectivity index (χ1n) is 4.87. The number of rotatable bonds is 3. The third-order valence-electron chi connectivity index (χ3n) is 2.17. The van der Waals surface area contributed by atoms with Crippen LogP contribution in [-0.4, -0.2) is 16.0 Å². The molecule has 0 bridgehead atoms. The van der Waals surface area contributed by atoms with Crippen molar-refractivity contribution in [3.05, 3.63) is 42.0 Å². The van der Waals surface area contributed by atoms with Gasteiger partial charge in [0.15, 0.2) is 5.84 Å². The van der Waals surface area contributed by atoms with Crippen LogP contribution >= 0.6 is 11.8 Å². The van der Waals surface area contributed by atoms with Crippen molar-refractivity contribution < 1.29 is 9.62 Å². The zero-order chi connectivity index (χ0) is 12.3. The molecule has 0 aromatic carbocycles. The summed E-state index contributed by atoms with van der Waals surface area (Å²) in [4.78, 5) is 5.17. The van der Waals surface area contributed by atoms with Gasteiger partial charge in [0.1, 0.15) is 10.8 Å². The molecule has 0 aliphatic carbocycles. The Balaban J connectivity index is 2.36. The van der Waals surface area contributed by atoms with Gasteiger partial charge in [-0.25, -0.2) is 4.98 Å². The Morgan fingerprint density at radius 2 is 2.35 bits per heavy atom. The summed E-state index contributed by atoms with van der Waals surface area (Å²) >= 11 is 1.41. The predicted molar refractivity (Wildman–Crippen MR) is 64.3 cm³/mol. The summed E-state index contributed by atoms with van der Waals surface area (Å²) in [6, 6.07) is 5.34. The molecule has 88 valence electrons. The number of aromatic nitrogens is 1. The normalized spacial score (nSPS) is 11.7. The maximum absolute atomic E-state index is 8.70. The molecule has 2 aromatic heterocycles. The fourth-order valence-electron chi connectivity index (χ4n) is 1.30. The van der Waals surface area contributed by atoms with E-state index in [0.717, 1.165) is 10.7 Å². The summed E-state index contributed by atoms with van der Waals surface area (Å²) < 4.78 is 5.20. The molecule has 0 spiro atoms. The van der Waals surface area contributed by atoms with Crippen LogP contribution in [0.5, 0.6) is 0 Å². The Hall–Kier alpha value is -1.95. The van der Waals surface area contributed by atoms with Crippen LogP contribution in [0.3, 0.4) is 0 Å². The average molecular weight is 249 g/mol. The second-order valence-corrected chi connectivity index (χ2v) is 4.32. The van der Waals surface area contributed by atoms with Gasteiger partial charge in [-0.2, -0.15) is 0 Å². The van der Waals surface area contributed by atoms with Gasteiger partial charge in [0.05, 0.1) is 16.7 Å². The third-order valence-corrected chi connectivity index (χ3v) is 3.33. The highest BCUT2D eigenvalue weighted by atomic mass is 32.2. The standard InChI is InChI=1S/C11H11N3O2S/c1-7-9(4-6-16-7)17-11-8(10(12)14-15)3-2-5-13-11/h2-6,15H,1H3,(H2,12,14). The summed E-state index contributed by atoms with van der Waals surface area (Å²) in [5.41, 5.74) is 6.18. The minimum Gasteiger partial charge on any atom is -0.468 e. The summed E-state index contributed by atoms with van der Waals surface area (Å²) in [7, 11) is 0. The van der Waals surface area contributed by atoms with Crippen molar-refractivity contribution in [2.45, 2.75) is 16.8 Å². The molecular weight excluding hydrogens is 238 g/mol. The minimum absolute atomic E-state index is 0.0433. The topological polar surface area (TPSA) is 84.6 Å². The molecule has 2 rings (SSSR count). The lowest BCUT2D eigenvalue weighted by Gasteiger charge is -2.05. The number of hydrogen-bond acceptors (Lipinski definition) is 5. The minimum atomic E-state index is 0.0433. The Bertz CT molecular complexity index is 551. The van der Waals surface area contributed by atoms with Crippen LogP contribution in [0.4, 0.5) is 0 Å². The molecule has 0 aliphatic heterocycles. The van der Waals surface area contributed by atoms with Crippen molar-refractivity contribution in [2.24, 2.45) is 10.9 Å². The van der Waals surface area contributed by atoms with Gasteiger partial charge < -0.3 is 15.4 Å². The summed E-state index contributed by atoms with van der Waals surface area (Å²) in [6.07, 6.45) is 3.27. The molecule has 0 saturated carbocycles. The molecule has 0 amide bonds. The van der Waals surface area contributed by atoms with Crippen LogP contribution in [-0.2, 0) is 0 Å². The van der Waals surface area contributed by atoms with Crippen molar-refractivity contribution in [1.29, 1.82) is 0 Å². The molecule has 17 heavy (non-hydrogen) atoms. The van der Waals surface area contributed by atoms with Gasteiger partial charge in [-0.1, -0.05) is 16.9 Å².